The van der Waals surface area contributed by atoms with Crippen LogP contribution in [0.4, 0.5) is 0 Å². The van der Waals surface area contributed by atoms with Crippen molar-refractivity contribution in [2.45, 2.75) is 20.8 Å². The maximum atomic E-state index is 10.9. The summed E-state index contributed by atoms with van der Waals surface area (Å²) < 4.78 is 1.56. The molecule has 1 nitrogen and oxygen atoms in total. The average Bonchev–Trinajstić information content (AvgIpc) is 1.96. The van der Waals surface area contributed by atoms with Crippen molar-refractivity contribution in [3.8, 4) is 0 Å². The second kappa shape index (κ2) is 4.03. The van der Waals surface area contributed by atoms with E-state index in [0.29, 0.717) is 3.79 Å². The van der Waals surface area contributed by atoms with Gasteiger partial charge in [-0.2, -0.15) is 0 Å². The van der Waals surface area contributed by atoms with Crippen LogP contribution in [0.15, 0.2) is 18.2 Å². The van der Waals surface area contributed by atoms with Gasteiger partial charge in [0, 0.05) is 0 Å². The molecule has 0 spiro atoms. The molecule has 12 heavy (non-hydrogen) atoms. The summed E-state index contributed by atoms with van der Waals surface area (Å²) in [6, 6.07) is 6.29. The van der Waals surface area contributed by atoms with Gasteiger partial charge in [0.05, 0.1) is 0 Å². The Labute approximate surface area is 83.4 Å². The van der Waals surface area contributed by atoms with Gasteiger partial charge in [-0.05, 0) is 0 Å². The van der Waals surface area contributed by atoms with Crippen molar-refractivity contribution >= 4 is 3.79 Å². The van der Waals surface area contributed by atoms with Gasteiger partial charge in [-0.1, -0.05) is 0 Å². The molecule has 0 bridgehead atoms. The van der Waals surface area contributed by atoms with Gasteiger partial charge < -0.3 is 0 Å². The van der Waals surface area contributed by atoms with Crippen LogP contribution in [0, 0.1) is 17.4 Å². The fourth-order valence-corrected chi connectivity index (χ4v) is 2.78. The number of hydrogen-bond donors (Lipinski definition) is 0. The van der Waals surface area contributed by atoms with Crippen molar-refractivity contribution in [3.63, 3.8) is 0 Å². The van der Waals surface area contributed by atoms with E-state index in [1.54, 1.807) is 6.92 Å². The van der Waals surface area contributed by atoms with Gasteiger partial charge in [-0.3, -0.25) is 0 Å². The number of aryl methyl sites for hydroxylation is 2. The van der Waals surface area contributed by atoms with E-state index >= 15 is 0 Å². The molecule has 0 aromatic heterocycles. The first-order valence-electron chi connectivity index (χ1n) is 3.82. The molecule has 0 N–H and O–H groups in total. The summed E-state index contributed by atoms with van der Waals surface area (Å²) in [6.45, 7) is 5.84. The van der Waals surface area contributed by atoms with Crippen LogP contribution in [0.5, 0.6) is 0 Å². The second-order valence-electron chi connectivity index (χ2n) is 2.79. The summed E-state index contributed by atoms with van der Waals surface area (Å²) in [5.41, 5.74) is 2.58. The second-order valence-corrected chi connectivity index (χ2v) is 6.10. The van der Waals surface area contributed by atoms with E-state index in [1.165, 1.54) is 14.7 Å². The molecule has 0 aliphatic rings. The standard InChI is InChI=1S/C10H12IO/c1-7-4-5-10(6-8(7)2)11-9(3)12/h4-6H,1-3H3/q-1. The first kappa shape index (κ1) is 9.71. The van der Waals surface area contributed by atoms with E-state index in [9.17, 15) is 4.79 Å². The van der Waals surface area contributed by atoms with Gasteiger partial charge in [0.2, 0.25) is 0 Å². The Morgan fingerprint density at radius 1 is 1.25 bits per heavy atom. The average molecular weight is 275 g/mol. The van der Waals surface area contributed by atoms with E-state index in [-0.39, 0.29) is 0 Å². The van der Waals surface area contributed by atoms with Crippen molar-refractivity contribution in [1.29, 1.82) is 0 Å². The van der Waals surface area contributed by atoms with Crippen LogP contribution in [0.2, 0.25) is 0 Å². The van der Waals surface area contributed by atoms with Crippen LogP contribution in [-0.4, -0.2) is 3.79 Å². The summed E-state index contributed by atoms with van der Waals surface area (Å²) in [4.78, 5) is 10.9. The number of halogens is 1. The van der Waals surface area contributed by atoms with Gasteiger partial charge >= 0.3 is 83.5 Å². The van der Waals surface area contributed by atoms with Crippen molar-refractivity contribution in [3.05, 3.63) is 32.9 Å². The Hall–Kier alpha value is -0.380. The molecule has 0 amide bonds. The van der Waals surface area contributed by atoms with Gasteiger partial charge in [0.25, 0.3) is 0 Å². The van der Waals surface area contributed by atoms with Crippen molar-refractivity contribution in [1.82, 2.24) is 0 Å². The Bertz CT molecular complexity index is 305. The molecule has 1 aromatic rings. The van der Waals surface area contributed by atoms with E-state index < -0.39 is 21.2 Å². The molecule has 0 fully saturated rings. The minimum absolute atomic E-state index is 0.331. The van der Waals surface area contributed by atoms with Gasteiger partial charge in [0.1, 0.15) is 0 Å². The van der Waals surface area contributed by atoms with E-state index in [4.69, 9.17) is 0 Å². The van der Waals surface area contributed by atoms with Gasteiger partial charge in [-0.25, -0.2) is 0 Å². The van der Waals surface area contributed by atoms with Crippen LogP contribution in [-0.2, 0) is 4.79 Å². The third kappa shape index (κ3) is 2.59. The number of benzene rings is 1. The molecule has 66 valence electrons. The Morgan fingerprint density at radius 3 is 2.42 bits per heavy atom. The topological polar surface area (TPSA) is 17.1 Å². The summed E-state index contributed by atoms with van der Waals surface area (Å²) in [5.74, 6) is 0. The molecule has 0 aliphatic heterocycles. The predicted octanol–water partition coefficient (Wildman–Crippen LogP) is -0.891. The van der Waals surface area contributed by atoms with Crippen molar-refractivity contribution < 1.29 is 26.0 Å². The Morgan fingerprint density at radius 2 is 1.92 bits per heavy atom. The molecule has 1 aromatic carbocycles. The Kier molecular flexibility index (Phi) is 3.26. The van der Waals surface area contributed by atoms with Crippen molar-refractivity contribution in [2.75, 3.05) is 0 Å². The van der Waals surface area contributed by atoms with Crippen LogP contribution in [0.1, 0.15) is 18.1 Å². The third-order valence-corrected chi connectivity index (χ3v) is 3.76. The molecule has 0 radical (unpaired) electrons. The molecule has 0 aliphatic carbocycles. The zero-order valence-corrected chi connectivity index (χ0v) is 9.68. The SMILES string of the molecule is CC(=O)[I-]c1ccc(C)c(C)c1. The molecule has 0 heterocycles. The van der Waals surface area contributed by atoms with Crippen LogP contribution < -0.4 is 21.2 Å². The molecule has 0 saturated carbocycles. The summed E-state index contributed by atoms with van der Waals surface area (Å²) >= 11 is -0.401. The molecule has 1 rings (SSSR count). The fraction of sp³-hybridized carbons (Fsp3) is 0.300. The minimum atomic E-state index is -0.401. The summed E-state index contributed by atoms with van der Waals surface area (Å²) in [5, 5.41) is 0. The number of carbonyl (C=O) groups excluding carboxylic acids is 1. The molecule has 0 unspecified atom stereocenters. The maximum absolute atomic E-state index is 10.9. The number of hydrogen-bond acceptors (Lipinski definition) is 1. The van der Waals surface area contributed by atoms with Gasteiger partial charge in [0.15, 0.2) is 0 Å². The third-order valence-electron chi connectivity index (χ3n) is 1.71. The summed E-state index contributed by atoms with van der Waals surface area (Å²) in [6.07, 6.45) is 0. The first-order valence-corrected chi connectivity index (χ1v) is 5.98. The quantitative estimate of drug-likeness (QED) is 0.505. The fourth-order valence-electron chi connectivity index (χ4n) is 0.917. The molecule has 0 saturated heterocycles. The van der Waals surface area contributed by atoms with Crippen LogP contribution in [0.25, 0.3) is 0 Å². The molecule has 0 atom stereocenters. The Balaban J connectivity index is 2.89. The molecule has 2 heteroatoms. The van der Waals surface area contributed by atoms with Crippen LogP contribution >= 0.6 is 0 Å². The molecular weight excluding hydrogens is 263 g/mol. The van der Waals surface area contributed by atoms with Gasteiger partial charge in [-0.15, -0.1) is 0 Å². The predicted molar refractivity (Wildman–Crippen MR) is 45.3 cm³/mol. The molecular formula is C10H12IO-. The monoisotopic (exact) mass is 275 g/mol. The zero-order valence-electron chi connectivity index (χ0n) is 7.52. The normalized spacial score (nSPS) is 10.2. The zero-order chi connectivity index (χ0) is 9.14. The first-order chi connectivity index (χ1) is 5.59. The van der Waals surface area contributed by atoms with Crippen molar-refractivity contribution in [2.24, 2.45) is 0 Å². The van der Waals surface area contributed by atoms with E-state index in [2.05, 4.69) is 32.0 Å². The van der Waals surface area contributed by atoms with E-state index in [0.717, 1.165) is 0 Å². The number of carbonyl (C=O) groups is 1. The van der Waals surface area contributed by atoms with Crippen LogP contribution in [0.3, 0.4) is 0 Å². The summed E-state index contributed by atoms with van der Waals surface area (Å²) in [7, 11) is 0. The number of rotatable bonds is 2. The van der Waals surface area contributed by atoms with E-state index in [1.807, 2.05) is 0 Å².